The van der Waals surface area contributed by atoms with Crippen molar-refractivity contribution in [3.8, 4) is 0 Å². The van der Waals surface area contributed by atoms with Crippen LogP contribution in [0.3, 0.4) is 0 Å². The van der Waals surface area contributed by atoms with Crippen LogP contribution in [0.1, 0.15) is 15.2 Å². The number of thiophene rings is 1. The Bertz CT molecular complexity index is 751. The fourth-order valence-electron chi connectivity index (χ4n) is 1.90. The van der Waals surface area contributed by atoms with Gasteiger partial charge in [0, 0.05) is 11.9 Å². The maximum Gasteiger partial charge on any atom is 0.265 e. The maximum absolute atomic E-state index is 12.1. The smallest absolute Gasteiger partial charge is 0.265 e. The number of hydrogen-bond donors (Lipinski definition) is 1. The number of anilines is 1. The zero-order valence-corrected chi connectivity index (χ0v) is 12.6. The Morgan fingerprint density at radius 1 is 1.33 bits per heavy atom. The third kappa shape index (κ3) is 3.51. The van der Waals surface area contributed by atoms with Gasteiger partial charge in [0.1, 0.15) is 0 Å². The molecule has 4 nitrogen and oxygen atoms in total. The van der Waals surface area contributed by atoms with Crippen LogP contribution in [0, 0.1) is 0 Å². The van der Waals surface area contributed by atoms with Crippen LogP contribution in [0.4, 0.5) is 5.69 Å². The van der Waals surface area contributed by atoms with E-state index in [0.717, 1.165) is 11.3 Å². The van der Waals surface area contributed by atoms with Crippen molar-refractivity contribution < 1.29 is 4.79 Å². The Hall–Kier alpha value is -2.11. The van der Waals surface area contributed by atoms with Crippen LogP contribution in [-0.4, -0.2) is 15.7 Å². The number of carbonyl (C=O) groups is 1. The first-order chi connectivity index (χ1) is 10.2. The SMILES string of the molecule is O=C(Nc1ccccc1)c1cc(Cn2cc(Cl)cn2)cs1. The van der Waals surface area contributed by atoms with Crippen molar-refractivity contribution in [1.29, 1.82) is 0 Å². The minimum absolute atomic E-state index is 0.101. The second-order valence-corrected chi connectivity index (χ2v) is 5.84. The Morgan fingerprint density at radius 2 is 2.14 bits per heavy atom. The molecule has 3 rings (SSSR count). The zero-order valence-electron chi connectivity index (χ0n) is 11.0. The molecule has 0 saturated heterocycles. The highest BCUT2D eigenvalue weighted by atomic mass is 35.5. The summed E-state index contributed by atoms with van der Waals surface area (Å²) in [4.78, 5) is 12.8. The predicted molar refractivity (Wildman–Crippen MR) is 85.1 cm³/mol. The normalized spacial score (nSPS) is 10.5. The molecule has 21 heavy (non-hydrogen) atoms. The van der Waals surface area contributed by atoms with E-state index in [1.807, 2.05) is 41.8 Å². The molecule has 0 saturated carbocycles. The van der Waals surface area contributed by atoms with Gasteiger partial charge in [-0.05, 0) is 29.1 Å². The molecule has 0 atom stereocenters. The molecule has 2 heterocycles. The summed E-state index contributed by atoms with van der Waals surface area (Å²) in [6.07, 6.45) is 3.35. The van der Waals surface area contributed by atoms with E-state index in [1.165, 1.54) is 11.3 Å². The Balaban J connectivity index is 1.68. The summed E-state index contributed by atoms with van der Waals surface area (Å²) in [6.45, 7) is 0.599. The number of nitrogens with zero attached hydrogens (tertiary/aromatic N) is 2. The van der Waals surface area contributed by atoms with Crippen LogP contribution >= 0.6 is 22.9 Å². The zero-order chi connectivity index (χ0) is 14.7. The summed E-state index contributed by atoms with van der Waals surface area (Å²) in [5.41, 5.74) is 1.81. The van der Waals surface area contributed by atoms with Crippen LogP contribution in [0.2, 0.25) is 5.02 Å². The topological polar surface area (TPSA) is 46.9 Å². The summed E-state index contributed by atoms with van der Waals surface area (Å²) in [6, 6.07) is 11.3. The molecule has 3 aromatic rings. The van der Waals surface area contributed by atoms with Gasteiger partial charge >= 0.3 is 0 Å². The number of benzene rings is 1. The fraction of sp³-hybridized carbons (Fsp3) is 0.0667. The molecule has 0 aliphatic carbocycles. The van der Waals surface area contributed by atoms with Gasteiger partial charge in [0.15, 0.2) is 0 Å². The van der Waals surface area contributed by atoms with E-state index >= 15 is 0 Å². The van der Waals surface area contributed by atoms with Crippen molar-refractivity contribution in [3.63, 3.8) is 0 Å². The van der Waals surface area contributed by atoms with Crippen molar-refractivity contribution in [2.24, 2.45) is 0 Å². The van der Waals surface area contributed by atoms with Gasteiger partial charge in [0.05, 0.1) is 22.6 Å². The molecular formula is C15H12ClN3OS. The predicted octanol–water partition coefficient (Wildman–Crippen LogP) is 3.90. The highest BCUT2D eigenvalue weighted by Gasteiger charge is 2.10. The van der Waals surface area contributed by atoms with E-state index in [1.54, 1.807) is 17.1 Å². The van der Waals surface area contributed by atoms with Crippen molar-refractivity contribution >= 4 is 34.5 Å². The number of para-hydroxylation sites is 1. The average Bonchev–Trinajstić information content (AvgIpc) is 3.10. The maximum atomic E-state index is 12.1. The first kappa shape index (κ1) is 13.9. The van der Waals surface area contributed by atoms with Crippen LogP contribution in [-0.2, 0) is 6.54 Å². The van der Waals surface area contributed by atoms with Gasteiger partial charge in [-0.2, -0.15) is 5.10 Å². The first-order valence-corrected chi connectivity index (χ1v) is 7.58. The third-order valence-corrected chi connectivity index (χ3v) is 4.03. The number of hydrogen-bond acceptors (Lipinski definition) is 3. The van der Waals surface area contributed by atoms with Crippen LogP contribution in [0.15, 0.2) is 54.2 Å². The molecule has 1 amide bonds. The first-order valence-electron chi connectivity index (χ1n) is 6.32. The van der Waals surface area contributed by atoms with Gasteiger partial charge < -0.3 is 5.32 Å². The molecule has 0 bridgehead atoms. The lowest BCUT2D eigenvalue weighted by atomic mass is 10.3. The van der Waals surface area contributed by atoms with Crippen molar-refractivity contribution in [3.05, 3.63) is 69.6 Å². The summed E-state index contributed by atoms with van der Waals surface area (Å²) in [5, 5.41) is 9.55. The van der Waals surface area contributed by atoms with Gasteiger partial charge in [0.2, 0.25) is 0 Å². The lowest BCUT2D eigenvalue weighted by Crippen LogP contribution is -2.10. The quantitative estimate of drug-likeness (QED) is 0.793. The number of carbonyl (C=O) groups excluding carboxylic acids is 1. The molecule has 0 aliphatic heterocycles. The molecule has 0 spiro atoms. The molecule has 1 N–H and O–H groups in total. The molecule has 0 fully saturated rings. The average molecular weight is 318 g/mol. The van der Waals surface area contributed by atoms with Gasteiger partial charge in [-0.1, -0.05) is 29.8 Å². The second-order valence-electron chi connectivity index (χ2n) is 4.50. The summed E-state index contributed by atoms with van der Waals surface area (Å²) in [7, 11) is 0. The minimum Gasteiger partial charge on any atom is -0.321 e. The van der Waals surface area contributed by atoms with Gasteiger partial charge in [-0.15, -0.1) is 11.3 Å². The van der Waals surface area contributed by atoms with Gasteiger partial charge in [-0.3, -0.25) is 9.48 Å². The summed E-state index contributed by atoms with van der Waals surface area (Å²) < 4.78 is 1.74. The van der Waals surface area contributed by atoms with E-state index in [0.29, 0.717) is 16.4 Å². The molecule has 6 heteroatoms. The summed E-state index contributed by atoms with van der Waals surface area (Å²) >= 11 is 7.24. The largest absolute Gasteiger partial charge is 0.321 e. The van der Waals surface area contributed by atoms with E-state index in [2.05, 4.69) is 10.4 Å². The summed E-state index contributed by atoms with van der Waals surface area (Å²) in [5.74, 6) is -0.101. The van der Waals surface area contributed by atoms with E-state index in [9.17, 15) is 4.79 Å². The van der Waals surface area contributed by atoms with E-state index < -0.39 is 0 Å². The molecule has 1 aromatic carbocycles. The number of aromatic nitrogens is 2. The lowest BCUT2D eigenvalue weighted by molar-refractivity contribution is 0.103. The Labute approximate surface area is 131 Å². The second kappa shape index (κ2) is 6.11. The molecule has 0 aliphatic rings. The van der Waals surface area contributed by atoms with Crippen molar-refractivity contribution in [2.75, 3.05) is 5.32 Å². The van der Waals surface area contributed by atoms with Crippen LogP contribution in [0.25, 0.3) is 0 Å². The molecular weight excluding hydrogens is 306 g/mol. The van der Waals surface area contributed by atoms with Crippen molar-refractivity contribution in [2.45, 2.75) is 6.54 Å². The number of amides is 1. The van der Waals surface area contributed by atoms with Crippen LogP contribution < -0.4 is 5.32 Å². The Kier molecular flexibility index (Phi) is 4.03. The third-order valence-electron chi connectivity index (χ3n) is 2.86. The monoisotopic (exact) mass is 317 g/mol. The highest BCUT2D eigenvalue weighted by Crippen LogP contribution is 2.18. The fourth-order valence-corrected chi connectivity index (χ4v) is 2.86. The number of nitrogens with one attached hydrogen (secondary N) is 1. The van der Waals surface area contributed by atoms with Gasteiger partial charge in [-0.25, -0.2) is 0 Å². The molecule has 2 aromatic heterocycles. The lowest BCUT2D eigenvalue weighted by Gasteiger charge is -2.02. The number of halogens is 1. The van der Waals surface area contributed by atoms with Crippen LogP contribution in [0.5, 0.6) is 0 Å². The minimum atomic E-state index is -0.101. The van der Waals surface area contributed by atoms with E-state index in [4.69, 9.17) is 11.6 Å². The molecule has 106 valence electrons. The van der Waals surface area contributed by atoms with Gasteiger partial charge in [0.25, 0.3) is 5.91 Å². The van der Waals surface area contributed by atoms with E-state index in [-0.39, 0.29) is 5.91 Å². The number of rotatable bonds is 4. The molecule has 0 radical (unpaired) electrons. The standard InChI is InChI=1S/C15H12ClN3OS/c16-12-7-17-19(9-12)8-11-6-14(21-10-11)15(20)18-13-4-2-1-3-5-13/h1-7,9-10H,8H2,(H,18,20). The highest BCUT2D eigenvalue weighted by molar-refractivity contribution is 7.12. The van der Waals surface area contributed by atoms with Crippen molar-refractivity contribution in [1.82, 2.24) is 9.78 Å². The molecule has 0 unspecified atom stereocenters. The Morgan fingerprint density at radius 3 is 2.86 bits per heavy atom.